The lowest BCUT2D eigenvalue weighted by atomic mass is 10.1. The van der Waals surface area contributed by atoms with Crippen LogP contribution in [0.2, 0.25) is 0 Å². The first-order valence-electron chi connectivity index (χ1n) is 8.64. The van der Waals surface area contributed by atoms with Crippen molar-refractivity contribution in [3.63, 3.8) is 0 Å². The van der Waals surface area contributed by atoms with Gasteiger partial charge in [0.2, 0.25) is 0 Å². The summed E-state index contributed by atoms with van der Waals surface area (Å²) < 4.78 is 40.0. The van der Waals surface area contributed by atoms with E-state index >= 15 is 0 Å². The summed E-state index contributed by atoms with van der Waals surface area (Å²) in [7, 11) is 5.16. The van der Waals surface area contributed by atoms with Crippen molar-refractivity contribution in [2.45, 2.75) is 19.5 Å². The van der Waals surface area contributed by atoms with Gasteiger partial charge in [0.05, 0.1) is 13.7 Å². The van der Waals surface area contributed by atoms with Crippen LogP contribution in [0.5, 0.6) is 11.5 Å². The zero-order chi connectivity index (χ0) is 18.9. The second-order valence-corrected chi connectivity index (χ2v) is 6.20. The maximum atomic E-state index is 12.5. The molecular weight excluding hydrogens is 471 g/mol. The normalized spacial score (nSPS) is 16.8. The summed E-state index contributed by atoms with van der Waals surface area (Å²) >= 11 is 0. The standard InChI is InChI=1S/C18H27F2N3O3.HI/c1-21-18(23(2)11-14-7-9-25-12-14)22-8-6-13-4-5-15(24-3)16(10-13)26-17(19)20;/h4-5,10,14,17H,6-9,11-12H2,1-3H3,(H,21,22);1H. The molecular formula is C18H28F2IN3O3. The van der Waals surface area contributed by atoms with Gasteiger partial charge in [-0.15, -0.1) is 24.0 Å². The summed E-state index contributed by atoms with van der Waals surface area (Å²) in [5.74, 6) is 1.66. The summed E-state index contributed by atoms with van der Waals surface area (Å²) in [5.41, 5.74) is 0.872. The monoisotopic (exact) mass is 499 g/mol. The van der Waals surface area contributed by atoms with E-state index in [4.69, 9.17) is 9.47 Å². The Bertz CT molecular complexity index is 599. The predicted octanol–water partition coefficient (Wildman–Crippen LogP) is 3.00. The van der Waals surface area contributed by atoms with Crippen molar-refractivity contribution in [1.82, 2.24) is 10.2 Å². The molecule has 1 saturated heterocycles. The highest BCUT2D eigenvalue weighted by Gasteiger charge is 2.19. The van der Waals surface area contributed by atoms with Crippen molar-refractivity contribution in [3.05, 3.63) is 23.8 Å². The van der Waals surface area contributed by atoms with Crippen molar-refractivity contribution in [2.75, 3.05) is 47.5 Å². The molecule has 1 unspecified atom stereocenters. The summed E-state index contributed by atoms with van der Waals surface area (Å²) in [6, 6.07) is 5.05. The quantitative estimate of drug-likeness (QED) is 0.339. The molecule has 1 heterocycles. The number of nitrogens with zero attached hydrogens (tertiary/aromatic N) is 2. The molecule has 0 spiro atoms. The third-order valence-corrected chi connectivity index (χ3v) is 4.27. The highest BCUT2D eigenvalue weighted by atomic mass is 127. The molecule has 1 N–H and O–H groups in total. The molecule has 1 aromatic rings. The zero-order valence-electron chi connectivity index (χ0n) is 15.9. The molecule has 0 amide bonds. The van der Waals surface area contributed by atoms with Crippen LogP contribution < -0.4 is 14.8 Å². The largest absolute Gasteiger partial charge is 0.493 e. The number of benzene rings is 1. The molecule has 1 fully saturated rings. The molecule has 154 valence electrons. The first-order valence-corrected chi connectivity index (χ1v) is 8.64. The minimum atomic E-state index is -2.88. The second kappa shape index (κ2) is 12.2. The highest BCUT2D eigenvalue weighted by molar-refractivity contribution is 14.0. The molecule has 1 aliphatic rings. The first kappa shape index (κ1) is 23.7. The van der Waals surface area contributed by atoms with Crippen LogP contribution in [-0.4, -0.2) is 65.0 Å². The number of hydrogen-bond donors (Lipinski definition) is 1. The Morgan fingerprint density at radius 1 is 1.41 bits per heavy atom. The van der Waals surface area contributed by atoms with Gasteiger partial charge in [-0.3, -0.25) is 4.99 Å². The van der Waals surface area contributed by atoms with Gasteiger partial charge in [-0.05, 0) is 30.5 Å². The van der Waals surface area contributed by atoms with Gasteiger partial charge >= 0.3 is 6.61 Å². The van der Waals surface area contributed by atoms with Gasteiger partial charge in [0, 0.05) is 39.7 Å². The van der Waals surface area contributed by atoms with Crippen LogP contribution >= 0.6 is 24.0 Å². The van der Waals surface area contributed by atoms with E-state index in [1.165, 1.54) is 7.11 Å². The number of ether oxygens (including phenoxy) is 3. The van der Waals surface area contributed by atoms with Crippen LogP contribution in [0.1, 0.15) is 12.0 Å². The molecule has 0 aromatic heterocycles. The van der Waals surface area contributed by atoms with Crippen molar-refractivity contribution < 1.29 is 23.0 Å². The van der Waals surface area contributed by atoms with Crippen molar-refractivity contribution in [1.29, 1.82) is 0 Å². The first-order chi connectivity index (χ1) is 12.5. The smallest absolute Gasteiger partial charge is 0.387 e. The number of hydrogen-bond acceptors (Lipinski definition) is 4. The van der Waals surface area contributed by atoms with Crippen molar-refractivity contribution in [3.8, 4) is 11.5 Å². The van der Waals surface area contributed by atoms with Crippen LogP contribution in [0, 0.1) is 5.92 Å². The van der Waals surface area contributed by atoms with E-state index < -0.39 is 6.61 Å². The number of nitrogens with one attached hydrogen (secondary N) is 1. The Hall–Kier alpha value is -1.36. The Balaban J connectivity index is 0.00000364. The molecule has 9 heteroatoms. The number of aliphatic imine (C=N–C) groups is 1. The van der Waals surface area contributed by atoms with Gasteiger partial charge in [0.25, 0.3) is 0 Å². The Morgan fingerprint density at radius 3 is 2.78 bits per heavy atom. The fourth-order valence-corrected chi connectivity index (χ4v) is 2.97. The third-order valence-electron chi connectivity index (χ3n) is 4.27. The Kier molecular flexibility index (Phi) is 10.7. The fourth-order valence-electron chi connectivity index (χ4n) is 2.97. The topological polar surface area (TPSA) is 55.3 Å². The second-order valence-electron chi connectivity index (χ2n) is 6.20. The zero-order valence-corrected chi connectivity index (χ0v) is 18.2. The van der Waals surface area contributed by atoms with Gasteiger partial charge in [0.15, 0.2) is 17.5 Å². The maximum Gasteiger partial charge on any atom is 0.387 e. The van der Waals surface area contributed by atoms with E-state index in [-0.39, 0.29) is 35.5 Å². The lowest BCUT2D eigenvalue weighted by Crippen LogP contribution is -2.42. The Labute approximate surface area is 176 Å². The minimum Gasteiger partial charge on any atom is -0.493 e. The molecule has 6 nitrogen and oxygen atoms in total. The summed E-state index contributed by atoms with van der Waals surface area (Å²) in [5, 5.41) is 3.30. The van der Waals surface area contributed by atoms with Crippen molar-refractivity contribution >= 4 is 29.9 Å². The van der Waals surface area contributed by atoms with Gasteiger partial charge in [0.1, 0.15) is 0 Å². The molecule has 27 heavy (non-hydrogen) atoms. The number of guanidine groups is 1. The van der Waals surface area contributed by atoms with E-state index in [2.05, 4.69) is 19.9 Å². The van der Waals surface area contributed by atoms with Crippen molar-refractivity contribution in [2.24, 2.45) is 10.9 Å². The summed E-state index contributed by atoms with van der Waals surface area (Å²) in [6.07, 6.45) is 1.71. The number of alkyl halides is 2. The molecule has 0 radical (unpaired) electrons. The molecule has 0 aliphatic carbocycles. The molecule has 1 aromatic carbocycles. The molecule has 2 rings (SSSR count). The van der Waals surface area contributed by atoms with E-state index in [1.807, 2.05) is 13.1 Å². The van der Waals surface area contributed by atoms with E-state index in [1.54, 1.807) is 19.2 Å². The van der Waals surface area contributed by atoms with Crippen LogP contribution in [0.3, 0.4) is 0 Å². The van der Waals surface area contributed by atoms with Gasteiger partial charge < -0.3 is 24.4 Å². The van der Waals surface area contributed by atoms with E-state index in [0.29, 0.717) is 18.9 Å². The highest BCUT2D eigenvalue weighted by Crippen LogP contribution is 2.29. The van der Waals surface area contributed by atoms with Crippen LogP contribution in [-0.2, 0) is 11.2 Å². The van der Waals surface area contributed by atoms with Gasteiger partial charge in [-0.25, -0.2) is 0 Å². The summed E-state index contributed by atoms with van der Waals surface area (Å²) in [4.78, 5) is 6.37. The van der Waals surface area contributed by atoms with Gasteiger partial charge in [-0.1, -0.05) is 6.07 Å². The third kappa shape index (κ3) is 7.65. The number of methoxy groups -OCH3 is 1. The molecule has 0 bridgehead atoms. The maximum absolute atomic E-state index is 12.5. The number of halogens is 3. The Morgan fingerprint density at radius 2 is 2.19 bits per heavy atom. The lowest BCUT2D eigenvalue weighted by molar-refractivity contribution is -0.0512. The molecule has 1 aliphatic heterocycles. The average Bonchev–Trinajstić information content (AvgIpc) is 3.11. The average molecular weight is 499 g/mol. The fraction of sp³-hybridized carbons (Fsp3) is 0.611. The SMILES string of the molecule is CN=C(NCCc1ccc(OC)c(OC(F)F)c1)N(C)CC1CCOC1.I. The number of rotatable bonds is 8. The van der Waals surface area contributed by atoms with Crippen LogP contribution in [0.4, 0.5) is 8.78 Å². The van der Waals surface area contributed by atoms with E-state index in [9.17, 15) is 8.78 Å². The summed E-state index contributed by atoms with van der Waals surface area (Å²) in [6.45, 7) is 0.238. The van der Waals surface area contributed by atoms with E-state index in [0.717, 1.165) is 37.7 Å². The van der Waals surface area contributed by atoms with Crippen LogP contribution in [0.15, 0.2) is 23.2 Å². The van der Waals surface area contributed by atoms with Crippen LogP contribution in [0.25, 0.3) is 0 Å². The lowest BCUT2D eigenvalue weighted by Gasteiger charge is -2.24. The molecule has 1 atom stereocenters. The molecule has 0 saturated carbocycles. The minimum absolute atomic E-state index is 0. The predicted molar refractivity (Wildman–Crippen MR) is 112 cm³/mol. The van der Waals surface area contributed by atoms with Gasteiger partial charge in [-0.2, -0.15) is 8.78 Å².